The fraction of sp³-hybridized carbons (Fsp3) is 0.538. The Labute approximate surface area is 95.4 Å². The summed E-state index contributed by atoms with van der Waals surface area (Å²) in [4.78, 5) is 2.32. The van der Waals surface area contributed by atoms with Crippen LogP contribution >= 0.6 is 0 Å². The van der Waals surface area contributed by atoms with Crippen LogP contribution in [0.15, 0.2) is 24.3 Å². The molecule has 3 rings (SSSR count). The van der Waals surface area contributed by atoms with E-state index in [1.165, 1.54) is 18.9 Å². The third-order valence-corrected chi connectivity index (χ3v) is 3.94. The maximum Gasteiger partial charge on any atom is 0.125 e. The van der Waals surface area contributed by atoms with Gasteiger partial charge in [-0.05, 0) is 37.6 Å². The standard InChI is InChI=1S/C13H17FN2/c14-11-2-1-3-12(8-11)16-7-5-13(10-16)4-6-15-9-13/h1-3,8,15H,4-7,9-10H2. The van der Waals surface area contributed by atoms with Gasteiger partial charge in [0.15, 0.2) is 0 Å². The quantitative estimate of drug-likeness (QED) is 0.779. The number of rotatable bonds is 1. The molecule has 2 nitrogen and oxygen atoms in total. The smallest absolute Gasteiger partial charge is 0.125 e. The van der Waals surface area contributed by atoms with Gasteiger partial charge in [0.25, 0.3) is 0 Å². The van der Waals surface area contributed by atoms with Crippen molar-refractivity contribution < 1.29 is 4.39 Å². The molecule has 2 saturated heterocycles. The number of nitrogens with zero attached hydrogens (tertiary/aromatic N) is 1. The molecule has 16 heavy (non-hydrogen) atoms. The van der Waals surface area contributed by atoms with Gasteiger partial charge in [-0.1, -0.05) is 6.07 Å². The van der Waals surface area contributed by atoms with E-state index in [4.69, 9.17) is 0 Å². The van der Waals surface area contributed by atoms with Gasteiger partial charge in [0, 0.05) is 30.7 Å². The van der Waals surface area contributed by atoms with E-state index in [0.717, 1.165) is 31.9 Å². The fourth-order valence-corrected chi connectivity index (χ4v) is 2.97. The fourth-order valence-electron chi connectivity index (χ4n) is 2.97. The highest BCUT2D eigenvalue weighted by atomic mass is 19.1. The molecule has 0 saturated carbocycles. The van der Waals surface area contributed by atoms with Crippen molar-refractivity contribution in [3.05, 3.63) is 30.1 Å². The molecule has 0 aliphatic carbocycles. The Hall–Kier alpha value is -1.09. The van der Waals surface area contributed by atoms with Crippen LogP contribution in [0.2, 0.25) is 0 Å². The molecule has 1 unspecified atom stereocenters. The molecule has 1 N–H and O–H groups in total. The summed E-state index contributed by atoms with van der Waals surface area (Å²) in [5.74, 6) is -0.136. The molecule has 1 spiro atoms. The molecule has 1 atom stereocenters. The minimum atomic E-state index is -0.136. The van der Waals surface area contributed by atoms with Crippen LogP contribution < -0.4 is 10.2 Å². The lowest BCUT2D eigenvalue weighted by Crippen LogP contribution is -2.29. The molecule has 2 aliphatic rings. The second-order valence-corrected chi connectivity index (χ2v) is 5.08. The molecule has 1 aromatic rings. The molecule has 2 aliphatic heterocycles. The SMILES string of the molecule is Fc1cccc(N2CCC3(CCNC3)C2)c1. The first kappa shape index (κ1) is 10.1. The Balaban J connectivity index is 1.78. The molecule has 2 heterocycles. The van der Waals surface area contributed by atoms with Gasteiger partial charge in [-0.3, -0.25) is 0 Å². The number of nitrogens with one attached hydrogen (secondary N) is 1. The number of halogens is 1. The maximum atomic E-state index is 13.2. The largest absolute Gasteiger partial charge is 0.371 e. The van der Waals surface area contributed by atoms with Crippen molar-refractivity contribution in [1.29, 1.82) is 0 Å². The van der Waals surface area contributed by atoms with Crippen LogP contribution in [0.1, 0.15) is 12.8 Å². The number of hydrogen-bond donors (Lipinski definition) is 1. The van der Waals surface area contributed by atoms with Gasteiger partial charge < -0.3 is 10.2 Å². The zero-order valence-electron chi connectivity index (χ0n) is 9.38. The van der Waals surface area contributed by atoms with E-state index in [1.54, 1.807) is 12.1 Å². The molecular formula is C13H17FN2. The summed E-state index contributed by atoms with van der Waals surface area (Å²) in [5, 5.41) is 3.44. The first-order chi connectivity index (χ1) is 7.77. The highest BCUT2D eigenvalue weighted by Crippen LogP contribution is 2.38. The van der Waals surface area contributed by atoms with Crippen LogP contribution in [-0.4, -0.2) is 26.2 Å². The molecule has 86 valence electrons. The molecule has 2 fully saturated rings. The lowest BCUT2D eigenvalue weighted by atomic mass is 9.86. The minimum Gasteiger partial charge on any atom is -0.371 e. The van der Waals surface area contributed by atoms with E-state index in [0.29, 0.717) is 5.41 Å². The predicted octanol–water partition coefficient (Wildman–Crippen LogP) is 2.02. The lowest BCUT2D eigenvalue weighted by molar-refractivity contribution is 0.369. The monoisotopic (exact) mass is 220 g/mol. The second kappa shape index (κ2) is 3.74. The van der Waals surface area contributed by atoms with Crippen LogP contribution in [0.4, 0.5) is 10.1 Å². The zero-order valence-corrected chi connectivity index (χ0v) is 9.38. The van der Waals surface area contributed by atoms with Crippen LogP contribution in [0, 0.1) is 11.2 Å². The summed E-state index contributed by atoms with van der Waals surface area (Å²) in [5.41, 5.74) is 1.48. The van der Waals surface area contributed by atoms with E-state index in [1.807, 2.05) is 6.07 Å². The van der Waals surface area contributed by atoms with Gasteiger partial charge in [0.2, 0.25) is 0 Å². The van der Waals surface area contributed by atoms with Crippen molar-refractivity contribution in [2.24, 2.45) is 5.41 Å². The summed E-state index contributed by atoms with van der Waals surface area (Å²) in [6.07, 6.45) is 2.50. The van der Waals surface area contributed by atoms with Crippen LogP contribution in [0.25, 0.3) is 0 Å². The molecule has 0 amide bonds. The topological polar surface area (TPSA) is 15.3 Å². The minimum absolute atomic E-state index is 0.136. The van der Waals surface area contributed by atoms with Crippen LogP contribution in [0.5, 0.6) is 0 Å². The van der Waals surface area contributed by atoms with Crippen molar-refractivity contribution in [2.45, 2.75) is 12.8 Å². The van der Waals surface area contributed by atoms with Crippen LogP contribution in [-0.2, 0) is 0 Å². The maximum absolute atomic E-state index is 13.2. The van der Waals surface area contributed by atoms with Gasteiger partial charge >= 0.3 is 0 Å². The van der Waals surface area contributed by atoms with E-state index < -0.39 is 0 Å². The first-order valence-electron chi connectivity index (χ1n) is 5.99. The van der Waals surface area contributed by atoms with Gasteiger partial charge in [-0.15, -0.1) is 0 Å². The summed E-state index contributed by atoms with van der Waals surface area (Å²) in [6, 6.07) is 6.95. The van der Waals surface area contributed by atoms with Gasteiger partial charge in [0.1, 0.15) is 5.82 Å². The van der Waals surface area contributed by atoms with Crippen LogP contribution in [0.3, 0.4) is 0 Å². The third-order valence-electron chi connectivity index (χ3n) is 3.94. The zero-order chi connectivity index (χ0) is 11.0. The molecular weight excluding hydrogens is 203 g/mol. The molecule has 0 aromatic heterocycles. The van der Waals surface area contributed by atoms with E-state index in [9.17, 15) is 4.39 Å². The summed E-state index contributed by atoms with van der Waals surface area (Å²) in [7, 11) is 0. The molecule has 0 bridgehead atoms. The lowest BCUT2D eigenvalue weighted by Gasteiger charge is -2.24. The Bertz CT molecular complexity index is 385. The molecule has 1 aromatic carbocycles. The Morgan fingerprint density at radius 3 is 3.00 bits per heavy atom. The highest BCUT2D eigenvalue weighted by Gasteiger charge is 2.40. The van der Waals surface area contributed by atoms with Crippen molar-refractivity contribution in [3.63, 3.8) is 0 Å². The average Bonchev–Trinajstić information content (AvgIpc) is 2.90. The number of hydrogen-bond acceptors (Lipinski definition) is 2. The third kappa shape index (κ3) is 1.69. The van der Waals surface area contributed by atoms with Gasteiger partial charge in [-0.2, -0.15) is 0 Å². The Kier molecular flexibility index (Phi) is 2.36. The van der Waals surface area contributed by atoms with Crippen molar-refractivity contribution in [3.8, 4) is 0 Å². The van der Waals surface area contributed by atoms with Crippen molar-refractivity contribution in [1.82, 2.24) is 5.32 Å². The highest BCUT2D eigenvalue weighted by molar-refractivity contribution is 5.48. The summed E-state index contributed by atoms with van der Waals surface area (Å²) in [6.45, 7) is 4.39. The molecule has 0 radical (unpaired) electrons. The van der Waals surface area contributed by atoms with Gasteiger partial charge in [0.05, 0.1) is 0 Å². The second-order valence-electron chi connectivity index (χ2n) is 5.08. The number of anilines is 1. The van der Waals surface area contributed by atoms with E-state index in [-0.39, 0.29) is 5.82 Å². The molecule has 3 heteroatoms. The van der Waals surface area contributed by atoms with Crippen molar-refractivity contribution >= 4 is 5.69 Å². The first-order valence-corrected chi connectivity index (χ1v) is 5.99. The van der Waals surface area contributed by atoms with Gasteiger partial charge in [-0.25, -0.2) is 4.39 Å². The van der Waals surface area contributed by atoms with E-state index in [2.05, 4.69) is 10.2 Å². The summed E-state index contributed by atoms with van der Waals surface area (Å²) >= 11 is 0. The van der Waals surface area contributed by atoms with E-state index >= 15 is 0 Å². The Morgan fingerprint density at radius 1 is 1.31 bits per heavy atom. The van der Waals surface area contributed by atoms with Crippen molar-refractivity contribution in [2.75, 3.05) is 31.1 Å². The average molecular weight is 220 g/mol. The normalized spacial score (nSPS) is 29.2. The Morgan fingerprint density at radius 2 is 2.25 bits per heavy atom. The number of benzene rings is 1. The predicted molar refractivity (Wildman–Crippen MR) is 63.1 cm³/mol. The summed E-state index contributed by atoms with van der Waals surface area (Å²) < 4.78 is 13.2.